The van der Waals surface area contributed by atoms with E-state index >= 15 is 0 Å². The standard InChI is InChI=1S/C18H24F2N4O2S.HI/c1-4-21-18(24-11-15-22-9-12(3)27-15)23-10-13-7-6-8-14(25-5-2)16(13)26-17(19)20;/h6-9,17H,4-5,10-11H2,1-3H3,(H2,21,23,24);1H. The van der Waals surface area contributed by atoms with Crippen molar-refractivity contribution in [2.45, 2.75) is 40.5 Å². The smallest absolute Gasteiger partial charge is 0.387 e. The normalized spacial score (nSPS) is 11.1. The number of rotatable bonds is 9. The summed E-state index contributed by atoms with van der Waals surface area (Å²) in [5.41, 5.74) is 0.517. The highest BCUT2D eigenvalue weighted by atomic mass is 127. The summed E-state index contributed by atoms with van der Waals surface area (Å²) in [6.07, 6.45) is 1.82. The average molecular weight is 526 g/mol. The number of benzene rings is 1. The second-order valence-corrected chi connectivity index (χ2v) is 6.79. The Hall–Kier alpha value is -1.69. The first-order valence-electron chi connectivity index (χ1n) is 8.66. The molecule has 0 spiro atoms. The molecular weight excluding hydrogens is 501 g/mol. The molecule has 0 saturated carbocycles. The Morgan fingerprint density at radius 3 is 2.68 bits per heavy atom. The molecule has 0 unspecified atom stereocenters. The number of alkyl halides is 2. The van der Waals surface area contributed by atoms with Crippen molar-refractivity contribution in [2.75, 3.05) is 13.2 Å². The molecule has 0 fully saturated rings. The Balaban J connectivity index is 0.00000392. The summed E-state index contributed by atoms with van der Waals surface area (Å²) in [5.74, 6) is 0.862. The number of thiazole rings is 1. The molecule has 0 radical (unpaired) electrons. The van der Waals surface area contributed by atoms with Gasteiger partial charge in [0.05, 0.1) is 19.7 Å². The second kappa shape index (κ2) is 12.7. The molecule has 0 bridgehead atoms. The summed E-state index contributed by atoms with van der Waals surface area (Å²) in [4.78, 5) is 9.90. The van der Waals surface area contributed by atoms with Crippen LogP contribution in [-0.2, 0) is 13.1 Å². The van der Waals surface area contributed by atoms with E-state index in [1.807, 2.05) is 20.0 Å². The van der Waals surface area contributed by atoms with E-state index in [4.69, 9.17) is 4.74 Å². The van der Waals surface area contributed by atoms with E-state index in [0.29, 0.717) is 31.2 Å². The molecular formula is C18H25F2IN4O2S. The van der Waals surface area contributed by atoms with Crippen molar-refractivity contribution in [1.29, 1.82) is 0 Å². The van der Waals surface area contributed by atoms with Crippen molar-refractivity contribution < 1.29 is 18.3 Å². The van der Waals surface area contributed by atoms with Crippen LogP contribution < -0.4 is 20.1 Å². The summed E-state index contributed by atoms with van der Waals surface area (Å²) >= 11 is 1.60. The first-order chi connectivity index (χ1) is 13.0. The van der Waals surface area contributed by atoms with Crippen LogP contribution in [0.2, 0.25) is 0 Å². The topological polar surface area (TPSA) is 67.8 Å². The van der Waals surface area contributed by atoms with Crippen LogP contribution in [0.4, 0.5) is 8.78 Å². The number of halogens is 3. The van der Waals surface area contributed by atoms with Crippen LogP contribution in [0.3, 0.4) is 0 Å². The molecule has 2 aromatic rings. The van der Waals surface area contributed by atoms with Crippen molar-refractivity contribution in [1.82, 2.24) is 15.6 Å². The molecule has 1 aromatic carbocycles. The van der Waals surface area contributed by atoms with Crippen molar-refractivity contribution in [3.8, 4) is 11.5 Å². The third-order valence-electron chi connectivity index (χ3n) is 3.40. The van der Waals surface area contributed by atoms with E-state index in [0.717, 1.165) is 9.88 Å². The Morgan fingerprint density at radius 2 is 2.07 bits per heavy atom. The molecule has 6 nitrogen and oxygen atoms in total. The number of aromatic nitrogens is 1. The van der Waals surface area contributed by atoms with E-state index in [-0.39, 0.29) is 42.0 Å². The minimum atomic E-state index is -2.94. The van der Waals surface area contributed by atoms with E-state index in [1.165, 1.54) is 0 Å². The molecule has 1 aromatic heterocycles. The number of guanidine groups is 1. The van der Waals surface area contributed by atoms with Crippen LogP contribution in [0.1, 0.15) is 29.3 Å². The van der Waals surface area contributed by atoms with Crippen LogP contribution in [0, 0.1) is 6.92 Å². The Labute approximate surface area is 184 Å². The van der Waals surface area contributed by atoms with E-state index in [9.17, 15) is 8.78 Å². The minimum absolute atomic E-state index is 0. The van der Waals surface area contributed by atoms with Gasteiger partial charge in [-0.3, -0.25) is 0 Å². The minimum Gasteiger partial charge on any atom is -0.490 e. The van der Waals surface area contributed by atoms with Crippen LogP contribution in [0.15, 0.2) is 29.4 Å². The molecule has 0 aliphatic carbocycles. The van der Waals surface area contributed by atoms with Crippen molar-refractivity contribution in [3.05, 3.63) is 39.8 Å². The lowest BCUT2D eigenvalue weighted by Crippen LogP contribution is -2.36. The number of para-hydroxylation sites is 1. The van der Waals surface area contributed by atoms with Crippen LogP contribution in [0.25, 0.3) is 0 Å². The Bertz CT molecular complexity index is 759. The average Bonchev–Trinajstić information content (AvgIpc) is 3.04. The number of nitrogens with zero attached hydrogens (tertiary/aromatic N) is 2. The third-order valence-corrected chi connectivity index (χ3v) is 4.31. The zero-order chi connectivity index (χ0) is 19.6. The van der Waals surface area contributed by atoms with Gasteiger partial charge in [-0.1, -0.05) is 12.1 Å². The Morgan fingerprint density at radius 1 is 1.29 bits per heavy atom. The molecule has 0 amide bonds. The zero-order valence-corrected chi connectivity index (χ0v) is 19.1. The van der Waals surface area contributed by atoms with Gasteiger partial charge in [-0.2, -0.15) is 8.78 Å². The number of nitrogens with one attached hydrogen (secondary N) is 2. The van der Waals surface area contributed by atoms with Gasteiger partial charge >= 0.3 is 6.61 Å². The quantitative estimate of drug-likeness (QED) is 0.290. The maximum Gasteiger partial charge on any atom is 0.387 e. The van der Waals surface area contributed by atoms with Gasteiger partial charge in [0.1, 0.15) is 5.01 Å². The number of hydrogen-bond acceptors (Lipinski definition) is 5. The predicted molar refractivity (Wildman–Crippen MR) is 118 cm³/mol. The van der Waals surface area contributed by atoms with Crippen LogP contribution >= 0.6 is 35.3 Å². The lowest BCUT2D eigenvalue weighted by atomic mass is 10.2. The van der Waals surface area contributed by atoms with Crippen molar-refractivity contribution >= 4 is 41.3 Å². The molecule has 2 rings (SSSR count). The Kier molecular flexibility index (Phi) is 11.0. The molecule has 0 aliphatic rings. The number of aryl methyl sites for hydroxylation is 1. The fourth-order valence-corrected chi connectivity index (χ4v) is 3.05. The molecule has 0 aliphatic heterocycles. The summed E-state index contributed by atoms with van der Waals surface area (Å²) in [5, 5.41) is 7.26. The zero-order valence-electron chi connectivity index (χ0n) is 16.0. The van der Waals surface area contributed by atoms with E-state index in [2.05, 4.69) is 25.3 Å². The highest BCUT2D eigenvalue weighted by Gasteiger charge is 2.15. The highest BCUT2D eigenvalue weighted by molar-refractivity contribution is 14.0. The SMILES string of the molecule is CCNC(=NCc1cccc(OCC)c1OC(F)F)NCc1ncc(C)s1.I. The van der Waals surface area contributed by atoms with Crippen LogP contribution in [-0.4, -0.2) is 30.7 Å². The summed E-state index contributed by atoms with van der Waals surface area (Å²) in [7, 11) is 0. The van der Waals surface area contributed by atoms with Crippen LogP contribution in [0.5, 0.6) is 11.5 Å². The number of aliphatic imine (C=N–C) groups is 1. The summed E-state index contributed by atoms with van der Waals surface area (Å²) < 4.78 is 35.7. The maximum atomic E-state index is 12.8. The fraction of sp³-hybridized carbons (Fsp3) is 0.444. The second-order valence-electron chi connectivity index (χ2n) is 5.47. The molecule has 156 valence electrons. The molecule has 2 N–H and O–H groups in total. The van der Waals surface area contributed by atoms with Gasteiger partial charge in [0.15, 0.2) is 17.5 Å². The molecule has 0 saturated heterocycles. The monoisotopic (exact) mass is 526 g/mol. The van der Waals surface area contributed by atoms with Gasteiger partial charge in [-0.25, -0.2) is 9.98 Å². The van der Waals surface area contributed by atoms with E-state index in [1.54, 1.807) is 36.5 Å². The molecule has 1 heterocycles. The highest BCUT2D eigenvalue weighted by Crippen LogP contribution is 2.33. The van der Waals surface area contributed by atoms with Crippen molar-refractivity contribution in [2.24, 2.45) is 4.99 Å². The molecule has 10 heteroatoms. The third kappa shape index (κ3) is 7.74. The van der Waals surface area contributed by atoms with Gasteiger partial charge in [0.2, 0.25) is 0 Å². The van der Waals surface area contributed by atoms with Gasteiger partial charge in [-0.05, 0) is 26.8 Å². The fourth-order valence-electron chi connectivity index (χ4n) is 2.33. The number of hydrogen-bond donors (Lipinski definition) is 2. The van der Waals surface area contributed by atoms with Gasteiger partial charge in [-0.15, -0.1) is 35.3 Å². The first-order valence-corrected chi connectivity index (χ1v) is 9.48. The predicted octanol–water partition coefficient (Wildman–Crippen LogP) is 4.32. The maximum absolute atomic E-state index is 12.8. The van der Waals surface area contributed by atoms with Gasteiger partial charge in [0, 0.05) is 23.2 Å². The lowest BCUT2D eigenvalue weighted by molar-refractivity contribution is -0.0520. The van der Waals surface area contributed by atoms with Gasteiger partial charge < -0.3 is 20.1 Å². The summed E-state index contributed by atoms with van der Waals surface area (Å²) in [6.45, 7) is 4.51. The summed E-state index contributed by atoms with van der Waals surface area (Å²) in [6, 6.07) is 5.02. The first kappa shape index (κ1) is 24.3. The van der Waals surface area contributed by atoms with E-state index < -0.39 is 6.61 Å². The molecule has 0 atom stereocenters. The largest absolute Gasteiger partial charge is 0.490 e. The van der Waals surface area contributed by atoms with Gasteiger partial charge in [0.25, 0.3) is 0 Å². The van der Waals surface area contributed by atoms with Crippen molar-refractivity contribution in [3.63, 3.8) is 0 Å². The number of ether oxygens (including phenoxy) is 2. The molecule has 28 heavy (non-hydrogen) atoms. The lowest BCUT2D eigenvalue weighted by Gasteiger charge is -2.15.